The molecule has 0 saturated carbocycles. The standard InChI is InChI=1S/C15H20N2O3/c1-10(6-8-18)16-15(20)13-3-4-14-12(9-13)5-7-17(14)11(2)19/h3-4,9-10,18H,5-8H2,1-2H3,(H,16,20). The lowest BCUT2D eigenvalue weighted by Gasteiger charge is -2.15. The summed E-state index contributed by atoms with van der Waals surface area (Å²) in [4.78, 5) is 25.3. The summed E-state index contributed by atoms with van der Waals surface area (Å²) in [5.74, 6) is -0.118. The molecule has 2 N–H and O–H groups in total. The Balaban J connectivity index is 2.12. The SMILES string of the molecule is CC(=O)N1CCc2cc(C(=O)NC(C)CCO)ccc21. The Hall–Kier alpha value is -1.88. The molecule has 1 atom stereocenters. The van der Waals surface area contributed by atoms with E-state index in [0.29, 0.717) is 18.5 Å². The first-order valence-electron chi connectivity index (χ1n) is 6.85. The average Bonchev–Trinajstić information content (AvgIpc) is 2.81. The Morgan fingerprint density at radius 1 is 1.45 bits per heavy atom. The minimum absolute atomic E-state index is 0.0255. The van der Waals surface area contributed by atoms with E-state index in [-0.39, 0.29) is 24.5 Å². The van der Waals surface area contributed by atoms with E-state index in [4.69, 9.17) is 5.11 Å². The van der Waals surface area contributed by atoms with E-state index < -0.39 is 0 Å². The van der Waals surface area contributed by atoms with Gasteiger partial charge in [0, 0.05) is 37.4 Å². The first-order chi connectivity index (χ1) is 9.52. The molecule has 0 fully saturated rings. The number of carbonyl (C=O) groups excluding carboxylic acids is 2. The van der Waals surface area contributed by atoms with Crippen molar-refractivity contribution in [3.8, 4) is 0 Å². The van der Waals surface area contributed by atoms with E-state index in [0.717, 1.165) is 17.7 Å². The third kappa shape index (κ3) is 2.99. The van der Waals surface area contributed by atoms with Gasteiger partial charge in [0.1, 0.15) is 0 Å². The number of amides is 2. The molecule has 5 nitrogen and oxygen atoms in total. The van der Waals surface area contributed by atoms with Crippen LogP contribution >= 0.6 is 0 Å². The molecule has 108 valence electrons. The van der Waals surface area contributed by atoms with E-state index in [1.807, 2.05) is 19.1 Å². The van der Waals surface area contributed by atoms with Crippen LogP contribution in [0.25, 0.3) is 0 Å². The van der Waals surface area contributed by atoms with Crippen molar-refractivity contribution in [3.63, 3.8) is 0 Å². The predicted octanol–water partition coefficient (Wildman–Crippen LogP) is 1.10. The molecule has 0 spiro atoms. The first-order valence-corrected chi connectivity index (χ1v) is 6.85. The molecule has 1 unspecified atom stereocenters. The van der Waals surface area contributed by atoms with E-state index >= 15 is 0 Å². The second kappa shape index (κ2) is 6.05. The quantitative estimate of drug-likeness (QED) is 0.865. The van der Waals surface area contributed by atoms with Gasteiger partial charge in [-0.15, -0.1) is 0 Å². The number of rotatable bonds is 4. The van der Waals surface area contributed by atoms with Crippen molar-refractivity contribution in [3.05, 3.63) is 29.3 Å². The van der Waals surface area contributed by atoms with Crippen LogP contribution in [0.15, 0.2) is 18.2 Å². The Morgan fingerprint density at radius 3 is 2.85 bits per heavy atom. The number of aliphatic hydroxyl groups excluding tert-OH is 1. The predicted molar refractivity (Wildman–Crippen MR) is 76.8 cm³/mol. The molecule has 5 heteroatoms. The van der Waals surface area contributed by atoms with E-state index in [2.05, 4.69) is 5.32 Å². The van der Waals surface area contributed by atoms with E-state index in [1.54, 1.807) is 17.9 Å². The number of nitrogens with one attached hydrogen (secondary N) is 1. The summed E-state index contributed by atoms with van der Waals surface area (Å²) >= 11 is 0. The van der Waals surface area contributed by atoms with Gasteiger partial charge in [-0.1, -0.05) is 0 Å². The number of aliphatic hydroxyl groups is 1. The lowest BCUT2D eigenvalue weighted by molar-refractivity contribution is -0.116. The monoisotopic (exact) mass is 276 g/mol. The largest absolute Gasteiger partial charge is 0.396 e. The molecule has 1 aliphatic rings. The minimum atomic E-state index is -0.143. The molecule has 0 aliphatic carbocycles. The Morgan fingerprint density at radius 2 is 2.20 bits per heavy atom. The summed E-state index contributed by atoms with van der Waals surface area (Å²) in [5, 5.41) is 11.7. The summed E-state index contributed by atoms with van der Waals surface area (Å²) in [6, 6.07) is 5.35. The molecule has 0 saturated heterocycles. The number of carbonyl (C=O) groups is 2. The zero-order valence-corrected chi connectivity index (χ0v) is 11.8. The van der Waals surface area contributed by atoms with Crippen LogP contribution in [0.1, 0.15) is 36.2 Å². The van der Waals surface area contributed by atoms with Crippen molar-refractivity contribution in [1.82, 2.24) is 5.32 Å². The molecule has 0 radical (unpaired) electrons. The van der Waals surface area contributed by atoms with Crippen LogP contribution in [-0.2, 0) is 11.2 Å². The molecule has 20 heavy (non-hydrogen) atoms. The third-order valence-electron chi connectivity index (χ3n) is 3.56. The first kappa shape index (κ1) is 14.5. The highest BCUT2D eigenvalue weighted by Gasteiger charge is 2.23. The smallest absolute Gasteiger partial charge is 0.251 e. The van der Waals surface area contributed by atoms with Crippen LogP contribution in [-0.4, -0.2) is 36.1 Å². The van der Waals surface area contributed by atoms with Crippen molar-refractivity contribution < 1.29 is 14.7 Å². The number of fused-ring (bicyclic) bond motifs is 1. The Kier molecular flexibility index (Phi) is 4.39. The summed E-state index contributed by atoms with van der Waals surface area (Å²) < 4.78 is 0. The van der Waals surface area contributed by atoms with Gasteiger partial charge in [-0.05, 0) is 43.5 Å². The fourth-order valence-corrected chi connectivity index (χ4v) is 2.44. The summed E-state index contributed by atoms with van der Waals surface area (Å²) in [6.45, 7) is 4.14. The molecule has 2 amide bonds. The second-order valence-corrected chi connectivity index (χ2v) is 5.15. The molecular formula is C15H20N2O3. The summed E-state index contributed by atoms with van der Waals surface area (Å²) in [5.41, 5.74) is 2.53. The maximum absolute atomic E-state index is 12.1. The molecule has 0 bridgehead atoms. The van der Waals surface area contributed by atoms with Crippen molar-refractivity contribution in [2.75, 3.05) is 18.1 Å². The molecular weight excluding hydrogens is 256 g/mol. The highest BCUT2D eigenvalue weighted by atomic mass is 16.3. The van der Waals surface area contributed by atoms with Crippen LogP contribution in [0, 0.1) is 0 Å². The molecule has 1 aliphatic heterocycles. The average molecular weight is 276 g/mol. The summed E-state index contributed by atoms with van der Waals surface area (Å²) in [6.07, 6.45) is 1.32. The minimum Gasteiger partial charge on any atom is -0.396 e. The van der Waals surface area contributed by atoms with Gasteiger partial charge >= 0.3 is 0 Å². The zero-order valence-electron chi connectivity index (χ0n) is 11.8. The molecule has 1 aromatic rings. The maximum atomic E-state index is 12.1. The van der Waals surface area contributed by atoms with Crippen molar-refractivity contribution in [2.45, 2.75) is 32.7 Å². The van der Waals surface area contributed by atoms with Crippen molar-refractivity contribution in [2.24, 2.45) is 0 Å². The maximum Gasteiger partial charge on any atom is 0.251 e. The second-order valence-electron chi connectivity index (χ2n) is 5.15. The van der Waals surface area contributed by atoms with Crippen LogP contribution in [0.2, 0.25) is 0 Å². The van der Waals surface area contributed by atoms with Crippen molar-refractivity contribution in [1.29, 1.82) is 0 Å². The number of anilines is 1. The number of benzene rings is 1. The number of hydrogen-bond donors (Lipinski definition) is 2. The van der Waals surface area contributed by atoms with E-state index in [1.165, 1.54) is 0 Å². The lowest BCUT2D eigenvalue weighted by Crippen LogP contribution is -2.33. The van der Waals surface area contributed by atoms with E-state index in [9.17, 15) is 9.59 Å². The van der Waals surface area contributed by atoms with Crippen LogP contribution in [0.5, 0.6) is 0 Å². The highest BCUT2D eigenvalue weighted by molar-refractivity contribution is 5.97. The van der Waals surface area contributed by atoms with Gasteiger partial charge in [0.2, 0.25) is 5.91 Å². The van der Waals surface area contributed by atoms with Gasteiger partial charge in [-0.25, -0.2) is 0 Å². The van der Waals surface area contributed by atoms with Crippen LogP contribution in [0.4, 0.5) is 5.69 Å². The topological polar surface area (TPSA) is 69.6 Å². The highest BCUT2D eigenvalue weighted by Crippen LogP contribution is 2.28. The molecule has 1 aromatic carbocycles. The lowest BCUT2D eigenvalue weighted by atomic mass is 10.1. The van der Waals surface area contributed by atoms with Crippen molar-refractivity contribution >= 4 is 17.5 Å². The van der Waals surface area contributed by atoms with Gasteiger partial charge in [0.25, 0.3) is 5.91 Å². The van der Waals surface area contributed by atoms with Gasteiger partial charge in [-0.2, -0.15) is 0 Å². The Labute approximate surface area is 118 Å². The normalized spacial score (nSPS) is 14.8. The molecule has 0 aromatic heterocycles. The fraction of sp³-hybridized carbons (Fsp3) is 0.467. The van der Waals surface area contributed by atoms with Gasteiger partial charge < -0.3 is 15.3 Å². The van der Waals surface area contributed by atoms with Crippen LogP contribution in [0.3, 0.4) is 0 Å². The summed E-state index contributed by atoms with van der Waals surface area (Å²) in [7, 11) is 0. The van der Waals surface area contributed by atoms with Crippen LogP contribution < -0.4 is 10.2 Å². The molecule has 2 rings (SSSR count). The number of nitrogens with zero attached hydrogens (tertiary/aromatic N) is 1. The van der Waals surface area contributed by atoms with Gasteiger partial charge in [-0.3, -0.25) is 9.59 Å². The fourth-order valence-electron chi connectivity index (χ4n) is 2.44. The van der Waals surface area contributed by atoms with Gasteiger partial charge in [0.05, 0.1) is 0 Å². The van der Waals surface area contributed by atoms with Gasteiger partial charge in [0.15, 0.2) is 0 Å². The Bertz CT molecular complexity index is 528. The zero-order chi connectivity index (χ0) is 14.7. The molecule has 1 heterocycles. The number of hydrogen-bond acceptors (Lipinski definition) is 3. The third-order valence-corrected chi connectivity index (χ3v) is 3.56.